The lowest BCUT2D eigenvalue weighted by Crippen LogP contribution is -2.49. The van der Waals surface area contributed by atoms with Gasteiger partial charge in [0.15, 0.2) is 0 Å². The minimum atomic E-state index is 0.931. The fourth-order valence-corrected chi connectivity index (χ4v) is 2.62. The van der Waals surface area contributed by atoms with Crippen LogP contribution in [0.3, 0.4) is 0 Å². The van der Waals surface area contributed by atoms with E-state index in [2.05, 4.69) is 18.9 Å². The van der Waals surface area contributed by atoms with Crippen LogP contribution in [-0.2, 0) is 0 Å². The van der Waals surface area contributed by atoms with Gasteiger partial charge in [0, 0.05) is 12.6 Å². The summed E-state index contributed by atoms with van der Waals surface area (Å²) in [5.74, 6) is 2.03. The summed E-state index contributed by atoms with van der Waals surface area (Å²) >= 11 is 0. The van der Waals surface area contributed by atoms with Gasteiger partial charge >= 0.3 is 0 Å². The van der Waals surface area contributed by atoms with Gasteiger partial charge in [-0.2, -0.15) is 0 Å². The van der Waals surface area contributed by atoms with Gasteiger partial charge in [-0.1, -0.05) is 6.92 Å². The quantitative estimate of drug-likeness (QED) is 0.494. The number of piperidine rings is 2. The molecule has 2 unspecified atom stereocenters. The van der Waals surface area contributed by atoms with Gasteiger partial charge in [-0.15, -0.1) is 0 Å². The SMILES string of the molecule is C[C@@H]1CC2CCC1CN2C. The molecule has 0 radical (unpaired) electrons. The number of hydrogen-bond acceptors (Lipinski definition) is 1. The standard InChI is InChI=1S/C9H17N/c1-7-5-9-4-3-8(7)6-10(9)2/h7-9H,3-6H2,1-2H3/t7-,8?,9?/m1/s1. The van der Waals surface area contributed by atoms with Gasteiger partial charge in [-0.25, -0.2) is 0 Å². The Morgan fingerprint density at radius 1 is 1.30 bits per heavy atom. The van der Waals surface area contributed by atoms with Gasteiger partial charge in [-0.05, 0) is 38.1 Å². The van der Waals surface area contributed by atoms with Crippen LogP contribution in [-0.4, -0.2) is 24.5 Å². The van der Waals surface area contributed by atoms with Crippen LogP contribution in [0, 0.1) is 11.8 Å². The van der Waals surface area contributed by atoms with Crippen molar-refractivity contribution >= 4 is 0 Å². The van der Waals surface area contributed by atoms with Crippen LogP contribution in [0.4, 0.5) is 0 Å². The molecule has 2 bridgehead atoms. The highest BCUT2D eigenvalue weighted by Crippen LogP contribution is 2.37. The van der Waals surface area contributed by atoms with Crippen molar-refractivity contribution in [3.63, 3.8) is 0 Å². The van der Waals surface area contributed by atoms with Crippen molar-refractivity contribution in [3.05, 3.63) is 0 Å². The molecule has 0 aromatic heterocycles. The third-order valence-electron chi connectivity index (χ3n) is 3.47. The van der Waals surface area contributed by atoms with Crippen LogP contribution in [0.2, 0.25) is 0 Å². The zero-order valence-electron chi connectivity index (χ0n) is 7.01. The highest BCUT2D eigenvalue weighted by molar-refractivity contribution is 4.89. The zero-order valence-corrected chi connectivity index (χ0v) is 7.01. The molecule has 2 saturated heterocycles. The lowest BCUT2D eigenvalue weighted by molar-refractivity contribution is 0.0310. The molecule has 58 valence electrons. The predicted molar refractivity (Wildman–Crippen MR) is 42.9 cm³/mol. The zero-order chi connectivity index (χ0) is 7.14. The molecule has 0 aromatic rings. The first-order valence-corrected chi connectivity index (χ1v) is 4.47. The van der Waals surface area contributed by atoms with Crippen molar-refractivity contribution in [2.75, 3.05) is 13.6 Å². The fourth-order valence-electron chi connectivity index (χ4n) is 2.62. The Kier molecular flexibility index (Phi) is 1.48. The topological polar surface area (TPSA) is 3.24 Å². The average molecular weight is 139 g/mol. The van der Waals surface area contributed by atoms with Crippen LogP contribution in [0.25, 0.3) is 0 Å². The van der Waals surface area contributed by atoms with Crippen LogP contribution >= 0.6 is 0 Å². The van der Waals surface area contributed by atoms with Crippen molar-refractivity contribution in [2.24, 2.45) is 11.8 Å². The smallest absolute Gasteiger partial charge is 0.00950 e. The van der Waals surface area contributed by atoms with Crippen molar-refractivity contribution in [1.29, 1.82) is 0 Å². The van der Waals surface area contributed by atoms with Crippen molar-refractivity contribution < 1.29 is 0 Å². The van der Waals surface area contributed by atoms with Crippen LogP contribution in [0.15, 0.2) is 0 Å². The predicted octanol–water partition coefficient (Wildman–Crippen LogP) is 1.74. The monoisotopic (exact) mass is 139 g/mol. The van der Waals surface area contributed by atoms with E-state index in [9.17, 15) is 0 Å². The molecule has 3 aliphatic rings. The van der Waals surface area contributed by atoms with E-state index in [-0.39, 0.29) is 0 Å². The summed E-state index contributed by atoms with van der Waals surface area (Å²) in [4.78, 5) is 2.55. The minimum Gasteiger partial charge on any atom is -0.303 e. The number of fused-ring (bicyclic) bond motifs is 3. The summed E-state index contributed by atoms with van der Waals surface area (Å²) in [6, 6.07) is 0.931. The van der Waals surface area contributed by atoms with E-state index in [1.54, 1.807) is 0 Å². The second kappa shape index (κ2) is 2.23. The molecule has 1 heteroatoms. The average Bonchev–Trinajstić information content (AvgIpc) is 1.91. The molecule has 1 aliphatic carbocycles. The maximum Gasteiger partial charge on any atom is 0.00950 e. The molecule has 10 heavy (non-hydrogen) atoms. The Morgan fingerprint density at radius 2 is 2.10 bits per heavy atom. The van der Waals surface area contributed by atoms with Crippen molar-refractivity contribution in [2.45, 2.75) is 32.2 Å². The third-order valence-corrected chi connectivity index (χ3v) is 3.47. The number of rotatable bonds is 0. The van der Waals surface area contributed by atoms with E-state index in [0.717, 1.165) is 17.9 Å². The molecule has 3 atom stereocenters. The summed E-state index contributed by atoms with van der Waals surface area (Å²) < 4.78 is 0. The van der Waals surface area contributed by atoms with E-state index in [1.165, 1.54) is 25.8 Å². The van der Waals surface area contributed by atoms with E-state index in [0.29, 0.717) is 0 Å². The Morgan fingerprint density at radius 3 is 2.40 bits per heavy atom. The van der Waals surface area contributed by atoms with E-state index >= 15 is 0 Å². The highest BCUT2D eigenvalue weighted by Gasteiger charge is 2.35. The fraction of sp³-hybridized carbons (Fsp3) is 1.00. The molecule has 1 nitrogen and oxygen atoms in total. The molecule has 0 amide bonds. The Labute approximate surface area is 63.4 Å². The lowest BCUT2D eigenvalue weighted by Gasteiger charge is -2.47. The second-order valence-corrected chi connectivity index (χ2v) is 4.14. The maximum absolute atomic E-state index is 2.55. The highest BCUT2D eigenvalue weighted by atomic mass is 15.1. The molecule has 2 heterocycles. The molecular formula is C9H17N. The summed E-state index contributed by atoms with van der Waals surface area (Å²) in [7, 11) is 2.28. The maximum atomic E-state index is 2.55. The van der Waals surface area contributed by atoms with Crippen molar-refractivity contribution in [3.8, 4) is 0 Å². The Hall–Kier alpha value is -0.0400. The van der Waals surface area contributed by atoms with Crippen LogP contribution in [0.5, 0.6) is 0 Å². The third kappa shape index (κ3) is 0.878. The summed E-state index contributed by atoms with van der Waals surface area (Å²) in [5, 5.41) is 0. The van der Waals surface area contributed by atoms with Gasteiger partial charge in [0.1, 0.15) is 0 Å². The van der Waals surface area contributed by atoms with Crippen LogP contribution in [0.1, 0.15) is 26.2 Å². The molecule has 0 spiro atoms. The molecular weight excluding hydrogens is 122 g/mol. The number of nitrogens with zero attached hydrogens (tertiary/aromatic N) is 1. The first-order chi connectivity index (χ1) is 4.77. The Balaban J connectivity index is 2.09. The lowest BCUT2D eigenvalue weighted by atomic mass is 9.73. The minimum absolute atomic E-state index is 0.931. The largest absolute Gasteiger partial charge is 0.303 e. The van der Waals surface area contributed by atoms with E-state index in [1.807, 2.05) is 0 Å². The molecule has 2 aliphatic heterocycles. The molecule has 0 aromatic carbocycles. The van der Waals surface area contributed by atoms with Gasteiger partial charge in [-0.3, -0.25) is 0 Å². The number of hydrogen-bond donors (Lipinski definition) is 0. The van der Waals surface area contributed by atoms with Crippen LogP contribution < -0.4 is 0 Å². The molecule has 3 rings (SSSR count). The van der Waals surface area contributed by atoms with Gasteiger partial charge in [0.2, 0.25) is 0 Å². The summed E-state index contributed by atoms with van der Waals surface area (Å²) in [5.41, 5.74) is 0. The van der Waals surface area contributed by atoms with E-state index in [4.69, 9.17) is 0 Å². The molecule has 1 saturated carbocycles. The molecule has 0 N–H and O–H groups in total. The first-order valence-electron chi connectivity index (χ1n) is 4.47. The molecule has 3 fully saturated rings. The summed E-state index contributed by atoms with van der Waals surface area (Å²) in [6.07, 6.45) is 4.42. The van der Waals surface area contributed by atoms with Gasteiger partial charge < -0.3 is 4.90 Å². The van der Waals surface area contributed by atoms with E-state index < -0.39 is 0 Å². The first kappa shape index (κ1) is 6.66. The second-order valence-electron chi connectivity index (χ2n) is 4.14. The Bertz CT molecular complexity index is 117. The normalized spacial score (nSPS) is 48.0. The van der Waals surface area contributed by atoms with Gasteiger partial charge in [0.05, 0.1) is 0 Å². The van der Waals surface area contributed by atoms with Gasteiger partial charge in [0.25, 0.3) is 0 Å². The summed E-state index contributed by atoms with van der Waals surface area (Å²) in [6.45, 7) is 3.79. The van der Waals surface area contributed by atoms with Crippen molar-refractivity contribution in [1.82, 2.24) is 4.90 Å².